The molecule has 0 spiro atoms. The lowest BCUT2D eigenvalue weighted by Crippen LogP contribution is -2.27. The van der Waals surface area contributed by atoms with Gasteiger partial charge in [0.05, 0.1) is 23.1 Å². The summed E-state index contributed by atoms with van der Waals surface area (Å²) in [4.78, 5) is 16.5. The number of nitrogens with one attached hydrogen (secondary N) is 1. The van der Waals surface area contributed by atoms with E-state index in [4.69, 9.17) is 4.74 Å². The minimum atomic E-state index is 0.0224. The number of ether oxygens (including phenoxy) is 1. The van der Waals surface area contributed by atoms with Crippen molar-refractivity contribution in [1.29, 1.82) is 0 Å². The molecule has 0 atom stereocenters. The number of hydrogen-bond acceptors (Lipinski definition) is 5. The van der Waals surface area contributed by atoms with Gasteiger partial charge in [0, 0.05) is 6.54 Å². The van der Waals surface area contributed by atoms with Crippen molar-refractivity contribution in [3.05, 3.63) is 54.1 Å². The summed E-state index contributed by atoms with van der Waals surface area (Å²) in [6, 6.07) is 15.9. The highest BCUT2D eigenvalue weighted by atomic mass is 32.2. The van der Waals surface area contributed by atoms with Gasteiger partial charge in [-0.1, -0.05) is 42.1 Å². The van der Waals surface area contributed by atoms with Gasteiger partial charge in [0.25, 0.3) is 0 Å². The number of carbonyl (C=O) groups excluding carboxylic acids is 1. The molecule has 4 nitrogen and oxygen atoms in total. The van der Waals surface area contributed by atoms with Crippen LogP contribution >= 0.6 is 23.1 Å². The molecule has 0 saturated heterocycles. The van der Waals surface area contributed by atoms with Gasteiger partial charge in [0.2, 0.25) is 5.91 Å². The van der Waals surface area contributed by atoms with Gasteiger partial charge in [0.1, 0.15) is 5.75 Å². The first-order chi connectivity index (χ1) is 11.8. The highest BCUT2D eigenvalue weighted by molar-refractivity contribution is 8.01. The molecule has 0 aliphatic rings. The lowest BCUT2D eigenvalue weighted by Gasteiger charge is -2.08. The number of nitrogens with zero attached hydrogens (tertiary/aromatic N) is 1. The topological polar surface area (TPSA) is 51.2 Å². The van der Waals surface area contributed by atoms with Crippen molar-refractivity contribution in [3.63, 3.8) is 0 Å². The lowest BCUT2D eigenvalue weighted by molar-refractivity contribution is -0.118. The SMILES string of the molecule is COc1ccccc1CCNC(=O)CSc1nc2ccccc2s1. The van der Waals surface area contributed by atoms with Gasteiger partial charge in [-0.05, 0) is 30.2 Å². The average molecular weight is 358 g/mol. The van der Waals surface area contributed by atoms with Gasteiger partial charge < -0.3 is 10.1 Å². The van der Waals surface area contributed by atoms with Crippen molar-refractivity contribution in [2.45, 2.75) is 10.8 Å². The Bertz CT molecular complexity index is 800. The number of thioether (sulfide) groups is 1. The first kappa shape index (κ1) is 16.8. The van der Waals surface area contributed by atoms with Crippen LogP contribution in [0.4, 0.5) is 0 Å². The Morgan fingerprint density at radius 3 is 2.83 bits per heavy atom. The predicted molar refractivity (Wildman–Crippen MR) is 100 cm³/mol. The molecular formula is C18H18N2O2S2. The van der Waals surface area contributed by atoms with E-state index >= 15 is 0 Å². The Balaban J connectivity index is 1.46. The van der Waals surface area contributed by atoms with E-state index in [9.17, 15) is 4.79 Å². The molecule has 6 heteroatoms. The molecule has 0 aliphatic carbocycles. The zero-order valence-electron chi connectivity index (χ0n) is 13.3. The van der Waals surface area contributed by atoms with Crippen LogP contribution in [0.15, 0.2) is 52.9 Å². The van der Waals surface area contributed by atoms with Crippen LogP contribution in [0.2, 0.25) is 0 Å². The number of para-hydroxylation sites is 2. The van der Waals surface area contributed by atoms with Crippen LogP contribution < -0.4 is 10.1 Å². The highest BCUT2D eigenvalue weighted by Gasteiger charge is 2.08. The van der Waals surface area contributed by atoms with Crippen molar-refractivity contribution in [1.82, 2.24) is 10.3 Å². The van der Waals surface area contributed by atoms with Gasteiger partial charge in [-0.15, -0.1) is 11.3 Å². The fourth-order valence-corrected chi connectivity index (χ4v) is 4.24. The van der Waals surface area contributed by atoms with E-state index in [1.54, 1.807) is 18.4 Å². The fourth-order valence-electron chi connectivity index (χ4n) is 2.34. The number of methoxy groups -OCH3 is 1. The molecule has 0 radical (unpaired) electrons. The van der Waals surface area contributed by atoms with E-state index in [2.05, 4.69) is 10.3 Å². The van der Waals surface area contributed by atoms with Crippen molar-refractivity contribution < 1.29 is 9.53 Å². The number of fused-ring (bicyclic) bond motifs is 1. The van der Waals surface area contributed by atoms with Gasteiger partial charge >= 0.3 is 0 Å². The number of rotatable bonds is 7. The molecule has 2 aromatic carbocycles. The molecule has 0 aliphatic heterocycles. The van der Waals surface area contributed by atoms with Crippen molar-refractivity contribution in [2.24, 2.45) is 0 Å². The predicted octanol–water partition coefficient (Wildman–Crippen LogP) is 3.76. The maximum absolute atomic E-state index is 12.0. The van der Waals surface area contributed by atoms with Crippen molar-refractivity contribution in [2.75, 3.05) is 19.4 Å². The fraction of sp³-hybridized carbons (Fsp3) is 0.222. The number of hydrogen-bond donors (Lipinski definition) is 1. The molecule has 0 unspecified atom stereocenters. The maximum atomic E-state index is 12.0. The van der Waals surface area contributed by atoms with Crippen LogP contribution in [0.1, 0.15) is 5.56 Å². The summed E-state index contributed by atoms with van der Waals surface area (Å²) in [5, 5.41) is 2.95. The van der Waals surface area contributed by atoms with Gasteiger partial charge in [-0.2, -0.15) is 0 Å². The molecule has 0 fully saturated rings. The third-order valence-corrected chi connectivity index (χ3v) is 5.69. The van der Waals surface area contributed by atoms with Crippen molar-refractivity contribution in [3.8, 4) is 5.75 Å². The normalized spacial score (nSPS) is 10.7. The molecule has 1 N–H and O–H groups in total. The molecule has 1 amide bonds. The average Bonchev–Trinajstić information content (AvgIpc) is 3.03. The van der Waals surface area contributed by atoms with E-state index in [1.807, 2.05) is 48.5 Å². The Hall–Kier alpha value is -2.05. The number of benzene rings is 2. The quantitative estimate of drug-likeness (QED) is 0.654. The summed E-state index contributed by atoms with van der Waals surface area (Å²) in [5.41, 5.74) is 2.08. The van der Waals surface area contributed by atoms with Crippen molar-refractivity contribution >= 4 is 39.2 Å². The summed E-state index contributed by atoms with van der Waals surface area (Å²) < 4.78 is 7.39. The lowest BCUT2D eigenvalue weighted by atomic mass is 10.1. The summed E-state index contributed by atoms with van der Waals surface area (Å²) >= 11 is 3.10. The van der Waals surface area contributed by atoms with Crippen LogP contribution in [0, 0.1) is 0 Å². The summed E-state index contributed by atoms with van der Waals surface area (Å²) in [7, 11) is 1.66. The largest absolute Gasteiger partial charge is 0.496 e. The molecule has 0 bridgehead atoms. The van der Waals surface area contributed by atoms with Crippen LogP contribution in [-0.4, -0.2) is 30.3 Å². The van der Waals surface area contributed by atoms with Crippen LogP contribution in [-0.2, 0) is 11.2 Å². The number of carbonyl (C=O) groups is 1. The Labute approximate surface area is 149 Å². The minimum absolute atomic E-state index is 0.0224. The molecule has 1 heterocycles. The zero-order valence-corrected chi connectivity index (χ0v) is 15.0. The van der Waals surface area contributed by atoms with E-state index in [1.165, 1.54) is 11.8 Å². The van der Waals surface area contributed by atoms with E-state index in [0.717, 1.165) is 32.3 Å². The summed E-state index contributed by atoms with van der Waals surface area (Å²) in [5.74, 6) is 1.26. The second kappa shape index (κ2) is 8.17. The Morgan fingerprint density at radius 1 is 1.21 bits per heavy atom. The monoisotopic (exact) mass is 358 g/mol. The number of aromatic nitrogens is 1. The first-order valence-corrected chi connectivity index (χ1v) is 9.43. The van der Waals surface area contributed by atoms with E-state index in [0.29, 0.717) is 12.3 Å². The van der Waals surface area contributed by atoms with E-state index in [-0.39, 0.29) is 5.91 Å². The van der Waals surface area contributed by atoms with Gasteiger partial charge in [-0.3, -0.25) is 4.79 Å². The second-order valence-electron chi connectivity index (χ2n) is 5.15. The maximum Gasteiger partial charge on any atom is 0.230 e. The second-order valence-corrected chi connectivity index (χ2v) is 7.40. The molecule has 0 saturated carbocycles. The Kier molecular flexibility index (Phi) is 5.72. The third kappa shape index (κ3) is 4.27. The summed E-state index contributed by atoms with van der Waals surface area (Å²) in [6.07, 6.45) is 0.752. The zero-order chi connectivity index (χ0) is 16.8. The summed E-state index contributed by atoms with van der Waals surface area (Å²) in [6.45, 7) is 0.597. The number of thiazole rings is 1. The molecular weight excluding hydrogens is 340 g/mol. The van der Waals surface area contributed by atoms with E-state index < -0.39 is 0 Å². The first-order valence-electron chi connectivity index (χ1n) is 7.63. The van der Waals surface area contributed by atoms with Crippen LogP contribution in [0.5, 0.6) is 5.75 Å². The van der Waals surface area contributed by atoms with Gasteiger partial charge in [0.15, 0.2) is 4.34 Å². The van der Waals surface area contributed by atoms with Crippen LogP contribution in [0.3, 0.4) is 0 Å². The molecule has 3 rings (SSSR count). The molecule has 3 aromatic rings. The molecule has 1 aromatic heterocycles. The smallest absolute Gasteiger partial charge is 0.230 e. The third-order valence-electron chi connectivity index (χ3n) is 3.51. The van der Waals surface area contributed by atoms with Crippen LogP contribution in [0.25, 0.3) is 10.2 Å². The minimum Gasteiger partial charge on any atom is -0.496 e. The molecule has 124 valence electrons. The van der Waals surface area contributed by atoms with Gasteiger partial charge in [-0.25, -0.2) is 4.98 Å². The standard InChI is InChI=1S/C18H18N2O2S2/c1-22-15-8-4-2-6-13(15)10-11-19-17(21)12-23-18-20-14-7-3-5-9-16(14)24-18/h2-9H,10-12H2,1H3,(H,19,21). The Morgan fingerprint density at radius 2 is 2.00 bits per heavy atom. The number of amides is 1. The highest BCUT2D eigenvalue weighted by Crippen LogP contribution is 2.29. The molecule has 24 heavy (non-hydrogen) atoms.